The molecule has 1 aromatic carbocycles. The molecule has 19 heavy (non-hydrogen) atoms. The Morgan fingerprint density at radius 1 is 1.26 bits per heavy atom. The molecule has 3 rings (SSSR count). The number of ether oxygens (including phenoxy) is 1. The van der Waals surface area contributed by atoms with Crippen LogP contribution in [-0.2, 0) is 4.74 Å². The van der Waals surface area contributed by atoms with Crippen LogP contribution in [0.4, 0.5) is 5.69 Å². The van der Waals surface area contributed by atoms with Gasteiger partial charge in [0.15, 0.2) is 0 Å². The van der Waals surface area contributed by atoms with E-state index in [1.165, 1.54) is 11.1 Å². The summed E-state index contributed by atoms with van der Waals surface area (Å²) in [6.07, 6.45) is 6.20. The highest BCUT2D eigenvalue weighted by atomic mass is 16.5. The second-order valence-electron chi connectivity index (χ2n) is 4.88. The van der Waals surface area contributed by atoms with Crippen molar-refractivity contribution in [3.63, 3.8) is 0 Å². The fraction of sp³-hybridized carbons (Fsp3) is 0.400. The molecule has 0 radical (unpaired) electrons. The van der Waals surface area contributed by atoms with Gasteiger partial charge in [0.05, 0.1) is 12.2 Å². The lowest BCUT2D eigenvalue weighted by molar-refractivity contribution is 0.0662. The normalized spacial score (nSPS) is 16.5. The Kier molecular flexibility index (Phi) is 3.51. The number of anilines is 1. The van der Waals surface area contributed by atoms with Gasteiger partial charge in [0.2, 0.25) is 0 Å². The molecule has 100 valence electrons. The Labute approximate surface area is 113 Å². The molecule has 0 amide bonds. The van der Waals surface area contributed by atoms with E-state index >= 15 is 0 Å². The van der Waals surface area contributed by atoms with Crippen LogP contribution in [-0.4, -0.2) is 30.0 Å². The van der Waals surface area contributed by atoms with E-state index in [4.69, 9.17) is 4.74 Å². The summed E-state index contributed by atoms with van der Waals surface area (Å²) in [6, 6.07) is 8.87. The fourth-order valence-electron chi connectivity index (χ4n) is 2.49. The molecule has 1 aliphatic rings. The molecule has 4 nitrogen and oxygen atoms in total. The quantitative estimate of drug-likeness (QED) is 0.919. The van der Waals surface area contributed by atoms with E-state index in [-0.39, 0.29) is 0 Å². The van der Waals surface area contributed by atoms with E-state index in [0.717, 1.165) is 31.7 Å². The third kappa shape index (κ3) is 2.63. The highest BCUT2D eigenvalue weighted by Crippen LogP contribution is 2.25. The van der Waals surface area contributed by atoms with E-state index in [9.17, 15) is 0 Å². The van der Waals surface area contributed by atoms with Crippen LogP contribution < -0.4 is 5.32 Å². The van der Waals surface area contributed by atoms with Crippen molar-refractivity contribution < 1.29 is 4.74 Å². The molecule has 0 saturated carbocycles. The predicted molar refractivity (Wildman–Crippen MR) is 76.3 cm³/mol. The second-order valence-corrected chi connectivity index (χ2v) is 4.88. The Morgan fingerprint density at radius 3 is 2.89 bits per heavy atom. The molecule has 2 heterocycles. The molecule has 1 N–H and O–H groups in total. The van der Waals surface area contributed by atoms with Crippen molar-refractivity contribution in [1.29, 1.82) is 0 Å². The van der Waals surface area contributed by atoms with E-state index < -0.39 is 0 Å². The van der Waals surface area contributed by atoms with Gasteiger partial charge in [-0.15, -0.1) is 0 Å². The third-order valence-electron chi connectivity index (χ3n) is 3.65. The first kappa shape index (κ1) is 12.2. The minimum atomic E-state index is 0.481. The number of nitrogens with one attached hydrogen (secondary N) is 1. The van der Waals surface area contributed by atoms with Crippen LogP contribution in [0.5, 0.6) is 0 Å². The molecule has 2 aromatic rings. The maximum atomic E-state index is 5.39. The van der Waals surface area contributed by atoms with Crippen LogP contribution in [0.25, 0.3) is 11.1 Å². The average molecular weight is 257 g/mol. The van der Waals surface area contributed by atoms with Gasteiger partial charge in [-0.25, -0.2) is 0 Å². The highest BCUT2D eigenvalue weighted by Gasteiger charge is 2.16. The summed E-state index contributed by atoms with van der Waals surface area (Å²) in [5.41, 5.74) is 3.49. The lowest BCUT2D eigenvalue weighted by atomic mass is 10.1. The van der Waals surface area contributed by atoms with Crippen LogP contribution in [0.3, 0.4) is 0 Å². The summed E-state index contributed by atoms with van der Waals surface area (Å²) < 4.78 is 7.48. The maximum Gasteiger partial charge on any atom is 0.0568 e. The van der Waals surface area contributed by atoms with Gasteiger partial charge in [-0.05, 0) is 30.5 Å². The van der Waals surface area contributed by atoms with E-state index in [1.54, 1.807) is 0 Å². The van der Waals surface area contributed by atoms with Crippen LogP contribution in [0.1, 0.15) is 18.9 Å². The maximum absolute atomic E-state index is 5.39. The van der Waals surface area contributed by atoms with Crippen molar-refractivity contribution in [3.05, 3.63) is 36.7 Å². The van der Waals surface area contributed by atoms with Gasteiger partial charge in [-0.1, -0.05) is 12.1 Å². The molecule has 0 unspecified atom stereocenters. The zero-order chi connectivity index (χ0) is 13.1. The van der Waals surface area contributed by atoms with Crippen molar-refractivity contribution in [2.45, 2.75) is 18.9 Å². The molecule has 1 aliphatic heterocycles. The zero-order valence-electron chi connectivity index (χ0n) is 11.2. The van der Waals surface area contributed by atoms with Gasteiger partial charge in [-0.3, -0.25) is 4.68 Å². The summed E-state index contributed by atoms with van der Waals surface area (Å²) in [4.78, 5) is 0. The molecule has 0 bridgehead atoms. The molecule has 1 saturated heterocycles. The topological polar surface area (TPSA) is 39.1 Å². The molecule has 0 spiro atoms. The smallest absolute Gasteiger partial charge is 0.0568 e. The van der Waals surface area contributed by atoms with Crippen LogP contribution >= 0.6 is 0 Å². The summed E-state index contributed by atoms with van der Waals surface area (Å²) in [6.45, 7) is 1.68. The standard InChI is InChI=1S/C15H19N3O/c1-16-14-4-2-3-12(9-14)13-10-17-18(11-13)15-5-7-19-8-6-15/h2-4,9-11,15-16H,5-8H2,1H3. The van der Waals surface area contributed by atoms with Gasteiger partial charge in [0, 0.05) is 37.7 Å². The molecular formula is C15H19N3O. The van der Waals surface area contributed by atoms with Crippen LogP contribution in [0.15, 0.2) is 36.7 Å². The molecule has 1 aromatic heterocycles. The minimum Gasteiger partial charge on any atom is -0.388 e. The molecule has 0 atom stereocenters. The Hall–Kier alpha value is -1.81. The Balaban J connectivity index is 1.83. The van der Waals surface area contributed by atoms with Crippen molar-refractivity contribution in [2.24, 2.45) is 0 Å². The van der Waals surface area contributed by atoms with E-state index in [0.29, 0.717) is 6.04 Å². The molecule has 1 fully saturated rings. The van der Waals surface area contributed by atoms with Gasteiger partial charge >= 0.3 is 0 Å². The zero-order valence-corrected chi connectivity index (χ0v) is 11.2. The van der Waals surface area contributed by atoms with Crippen molar-refractivity contribution in [2.75, 3.05) is 25.6 Å². The Bertz CT molecular complexity index is 544. The fourth-order valence-corrected chi connectivity index (χ4v) is 2.49. The van der Waals surface area contributed by atoms with Gasteiger partial charge < -0.3 is 10.1 Å². The van der Waals surface area contributed by atoms with Crippen molar-refractivity contribution >= 4 is 5.69 Å². The summed E-state index contributed by atoms with van der Waals surface area (Å²) >= 11 is 0. The van der Waals surface area contributed by atoms with Gasteiger partial charge in [-0.2, -0.15) is 5.10 Å². The minimum absolute atomic E-state index is 0.481. The van der Waals surface area contributed by atoms with E-state index in [1.807, 2.05) is 13.2 Å². The first-order valence-corrected chi connectivity index (χ1v) is 6.77. The number of rotatable bonds is 3. The second kappa shape index (κ2) is 5.45. The SMILES string of the molecule is CNc1cccc(-c2cnn(C3CCOCC3)c2)c1. The van der Waals surface area contributed by atoms with Gasteiger partial charge in [0.25, 0.3) is 0 Å². The average Bonchev–Trinajstić information content (AvgIpc) is 2.98. The van der Waals surface area contributed by atoms with Gasteiger partial charge in [0.1, 0.15) is 0 Å². The van der Waals surface area contributed by atoms with Crippen molar-refractivity contribution in [1.82, 2.24) is 9.78 Å². The number of benzene rings is 1. The first-order valence-electron chi connectivity index (χ1n) is 6.77. The molecule has 0 aliphatic carbocycles. The number of aromatic nitrogens is 2. The monoisotopic (exact) mass is 257 g/mol. The summed E-state index contributed by atoms with van der Waals surface area (Å²) in [5.74, 6) is 0. The highest BCUT2D eigenvalue weighted by molar-refractivity contribution is 5.66. The van der Waals surface area contributed by atoms with Crippen molar-refractivity contribution in [3.8, 4) is 11.1 Å². The number of nitrogens with zero attached hydrogens (tertiary/aromatic N) is 2. The predicted octanol–water partition coefficient (Wildman–Crippen LogP) is 2.94. The van der Waals surface area contributed by atoms with Crippen LogP contribution in [0, 0.1) is 0 Å². The first-order chi connectivity index (χ1) is 9.36. The Morgan fingerprint density at radius 2 is 2.11 bits per heavy atom. The van der Waals surface area contributed by atoms with E-state index in [2.05, 4.69) is 45.6 Å². The number of hydrogen-bond acceptors (Lipinski definition) is 3. The number of hydrogen-bond donors (Lipinski definition) is 1. The largest absolute Gasteiger partial charge is 0.388 e. The molecular weight excluding hydrogens is 238 g/mol. The molecule has 4 heteroatoms. The third-order valence-corrected chi connectivity index (χ3v) is 3.65. The lowest BCUT2D eigenvalue weighted by Crippen LogP contribution is -2.19. The summed E-state index contributed by atoms with van der Waals surface area (Å²) in [7, 11) is 1.94. The lowest BCUT2D eigenvalue weighted by Gasteiger charge is -2.22. The van der Waals surface area contributed by atoms with Crippen LogP contribution in [0.2, 0.25) is 0 Å². The summed E-state index contributed by atoms with van der Waals surface area (Å²) in [5, 5.41) is 7.68.